The van der Waals surface area contributed by atoms with E-state index in [-0.39, 0.29) is 11.9 Å². The predicted octanol–water partition coefficient (Wildman–Crippen LogP) is 2.93. The molecule has 0 radical (unpaired) electrons. The quantitative estimate of drug-likeness (QED) is 0.777. The zero-order valence-electron chi connectivity index (χ0n) is 15.5. The minimum Gasteiger partial charge on any atom is -0.381 e. The van der Waals surface area contributed by atoms with Gasteiger partial charge in [-0.2, -0.15) is 0 Å². The molecule has 2 aromatic rings. The maximum Gasteiger partial charge on any atom is 0.255 e. The Labute approximate surface area is 168 Å². The molecule has 1 saturated heterocycles. The van der Waals surface area contributed by atoms with Gasteiger partial charge in [0.15, 0.2) is 0 Å². The zero-order valence-corrected chi connectivity index (χ0v) is 16.3. The summed E-state index contributed by atoms with van der Waals surface area (Å²) in [6.45, 7) is 3.59. The molecule has 1 aromatic heterocycles. The van der Waals surface area contributed by atoms with Crippen molar-refractivity contribution in [3.8, 4) is 11.3 Å². The van der Waals surface area contributed by atoms with Crippen molar-refractivity contribution in [3.63, 3.8) is 0 Å². The molecule has 3 heterocycles. The molecule has 28 heavy (non-hydrogen) atoms. The Hall–Kier alpha value is -2.51. The number of carbonyl (C=O) groups is 2. The van der Waals surface area contributed by atoms with Gasteiger partial charge in [-0.3, -0.25) is 4.79 Å². The first kappa shape index (κ1) is 18.8. The van der Waals surface area contributed by atoms with Crippen LogP contribution in [0.3, 0.4) is 0 Å². The Morgan fingerprint density at radius 1 is 1.36 bits per heavy atom. The molecule has 0 aliphatic carbocycles. The molecule has 1 aromatic carbocycles. The summed E-state index contributed by atoms with van der Waals surface area (Å²) in [5.41, 5.74) is 2.80. The van der Waals surface area contributed by atoms with Gasteiger partial charge in [0.05, 0.1) is 23.0 Å². The maximum atomic E-state index is 12.7. The van der Waals surface area contributed by atoms with E-state index in [1.807, 2.05) is 12.1 Å². The van der Waals surface area contributed by atoms with E-state index >= 15 is 0 Å². The van der Waals surface area contributed by atoms with Crippen LogP contribution in [-0.2, 0) is 16.1 Å². The van der Waals surface area contributed by atoms with Crippen LogP contribution in [0.2, 0.25) is 5.02 Å². The predicted molar refractivity (Wildman–Crippen MR) is 105 cm³/mol. The van der Waals surface area contributed by atoms with Gasteiger partial charge in [0.2, 0.25) is 5.95 Å². The third kappa shape index (κ3) is 3.59. The van der Waals surface area contributed by atoms with Crippen molar-refractivity contribution in [2.75, 3.05) is 18.5 Å². The van der Waals surface area contributed by atoms with E-state index < -0.39 is 6.04 Å². The van der Waals surface area contributed by atoms with Crippen LogP contribution in [0.4, 0.5) is 5.95 Å². The van der Waals surface area contributed by atoms with Gasteiger partial charge in [-0.25, -0.2) is 9.97 Å². The number of carbonyl (C=O) groups excluding carboxylic acids is 2. The van der Waals surface area contributed by atoms with Crippen molar-refractivity contribution in [2.45, 2.75) is 38.4 Å². The number of ether oxygens (including phenoxy) is 1. The van der Waals surface area contributed by atoms with E-state index in [0.717, 1.165) is 43.5 Å². The summed E-state index contributed by atoms with van der Waals surface area (Å²) in [5, 5.41) is 3.75. The van der Waals surface area contributed by atoms with Crippen LogP contribution in [0.5, 0.6) is 0 Å². The van der Waals surface area contributed by atoms with Gasteiger partial charge in [-0.1, -0.05) is 23.7 Å². The Morgan fingerprint density at radius 2 is 2.14 bits per heavy atom. The number of nitrogens with one attached hydrogen (secondary N) is 1. The Bertz CT molecular complexity index is 914. The Morgan fingerprint density at radius 3 is 2.89 bits per heavy atom. The number of aromatic nitrogens is 2. The first-order valence-electron chi connectivity index (χ1n) is 9.33. The number of fused-ring (bicyclic) bond motifs is 1. The van der Waals surface area contributed by atoms with Crippen molar-refractivity contribution in [1.29, 1.82) is 0 Å². The van der Waals surface area contributed by atoms with E-state index in [1.165, 1.54) is 0 Å². The van der Waals surface area contributed by atoms with Crippen LogP contribution in [0.1, 0.15) is 35.7 Å². The molecule has 1 atom stereocenters. The third-order valence-electron chi connectivity index (χ3n) is 5.20. The highest BCUT2D eigenvalue weighted by molar-refractivity contribution is 6.33. The van der Waals surface area contributed by atoms with Crippen molar-refractivity contribution in [3.05, 3.63) is 40.5 Å². The minimum atomic E-state index is -0.457. The van der Waals surface area contributed by atoms with Crippen molar-refractivity contribution in [1.82, 2.24) is 14.9 Å². The van der Waals surface area contributed by atoms with Gasteiger partial charge in [0.1, 0.15) is 6.29 Å². The number of rotatable bonds is 5. The first-order chi connectivity index (χ1) is 13.6. The Kier molecular flexibility index (Phi) is 5.28. The highest BCUT2D eigenvalue weighted by Crippen LogP contribution is 2.32. The lowest BCUT2D eigenvalue weighted by atomic mass is 10.0. The normalized spacial score (nSPS) is 18.1. The number of aldehydes is 1. The summed E-state index contributed by atoms with van der Waals surface area (Å²) in [6.07, 6.45) is 4.15. The van der Waals surface area contributed by atoms with Crippen LogP contribution in [0.15, 0.2) is 24.4 Å². The minimum absolute atomic E-state index is 0.151. The first-order valence-corrected chi connectivity index (χ1v) is 9.71. The zero-order chi connectivity index (χ0) is 19.7. The number of amides is 1. The van der Waals surface area contributed by atoms with Crippen LogP contribution >= 0.6 is 11.6 Å². The average Bonchev–Trinajstić information content (AvgIpc) is 3.05. The van der Waals surface area contributed by atoms with E-state index in [9.17, 15) is 9.59 Å². The molecular weight excluding hydrogens is 380 g/mol. The lowest BCUT2D eigenvalue weighted by Crippen LogP contribution is -2.34. The lowest BCUT2D eigenvalue weighted by Gasteiger charge is -2.23. The second kappa shape index (κ2) is 7.85. The number of halogens is 1. The largest absolute Gasteiger partial charge is 0.381 e. The monoisotopic (exact) mass is 400 g/mol. The number of hydrogen-bond acceptors (Lipinski definition) is 6. The van der Waals surface area contributed by atoms with Crippen molar-refractivity contribution in [2.24, 2.45) is 0 Å². The highest BCUT2D eigenvalue weighted by atomic mass is 35.5. The summed E-state index contributed by atoms with van der Waals surface area (Å²) < 4.78 is 5.38. The fourth-order valence-electron chi connectivity index (χ4n) is 3.54. The number of anilines is 1. The fraction of sp³-hybridized carbons (Fsp3) is 0.400. The molecule has 0 saturated carbocycles. The van der Waals surface area contributed by atoms with E-state index in [0.29, 0.717) is 28.8 Å². The van der Waals surface area contributed by atoms with Crippen molar-refractivity contribution >= 4 is 29.7 Å². The summed E-state index contributed by atoms with van der Waals surface area (Å²) in [5.74, 6) is 0.358. The van der Waals surface area contributed by atoms with Crippen LogP contribution in [0.25, 0.3) is 11.3 Å². The molecule has 4 rings (SSSR count). The van der Waals surface area contributed by atoms with Gasteiger partial charge in [-0.15, -0.1) is 0 Å². The molecule has 1 amide bonds. The number of nitrogens with zero attached hydrogens (tertiary/aromatic N) is 3. The second-order valence-electron chi connectivity index (χ2n) is 7.10. The SMILES string of the molecule is C[C@H](C=O)N1Cc2ccc(-c3nc(NC4CCOCC4)ncc3Cl)cc2C1=O. The van der Waals surface area contributed by atoms with Crippen molar-refractivity contribution < 1.29 is 14.3 Å². The number of benzene rings is 1. The topological polar surface area (TPSA) is 84.4 Å². The van der Waals surface area contributed by atoms with E-state index in [1.54, 1.807) is 24.1 Å². The standard InChI is InChI=1S/C20H21ClN4O3/c1-12(11-26)25-10-14-3-2-13(8-16(14)19(25)27)18-17(21)9-22-20(24-18)23-15-4-6-28-7-5-15/h2-3,8-9,11-12,15H,4-7,10H2,1H3,(H,22,23,24)/t12-/m1/s1. The maximum absolute atomic E-state index is 12.7. The third-order valence-corrected chi connectivity index (χ3v) is 5.48. The molecule has 0 unspecified atom stereocenters. The fourth-order valence-corrected chi connectivity index (χ4v) is 3.74. The van der Waals surface area contributed by atoms with E-state index in [4.69, 9.17) is 16.3 Å². The molecule has 0 spiro atoms. The van der Waals surface area contributed by atoms with Gasteiger partial charge in [0, 0.05) is 36.9 Å². The second-order valence-corrected chi connectivity index (χ2v) is 7.51. The lowest BCUT2D eigenvalue weighted by molar-refractivity contribution is -0.111. The molecule has 1 N–H and O–H groups in total. The molecule has 8 heteroatoms. The molecule has 1 fully saturated rings. The smallest absolute Gasteiger partial charge is 0.255 e. The van der Waals surface area contributed by atoms with Crippen LogP contribution < -0.4 is 5.32 Å². The molecule has 2 aliphatic rings. The van der Waals surface area contributed by atoms with Gasteiger partial charge in [-0.05, 0) is 31.4 Å². The summed E-state index contributed by atoms with van der Waals surface area (Å²) in [6, 6.07) is 5.39. The van der Waals surface area contributed by atoms with Gasteiger partial charge >= 0.3 is 0 Å². The van der Waals surface area contributed by atoms with Crippen LogP contribution in [0, 0.1) is 0 Å². The summed E-state index contributed by atoms with van der Waals surface area (Å²) >= 11 is 6.35. The number of hydrogen-bond donors (Lipinski definition) is 1. The summed E-state index contributed by atoms with van der Waals surface area (Å²) in [7, 11) is 0. The molecule has 7 nitrogen and oxygen atoms in total. The molecule has 146 valence electrons. The van der Waals surface area contributed by atoms with Gasteiger partial charge < -0.3 is 19.7 Å². The van der Waals surface area contributed by atoms with Gasteiger partial charge in [0.25, 0.3) is 5.91 Å². The average molecular weight is 401 g/mol. The molecule has 0 bridgehead atoms. The summed E-state index contributed by atoms with van der Waals surface area (Å²) in [4.78, 5) is 34.2. The Balaban J connectivity index is 1.61. The molecular formula is C20H21ClN4O3. The van der Waals surface area contributed by atoms with Crippen LogP contribution in [-0.4, -0.2) is 52.4 Å². The molecule has 2 aliphatic heterocycles. The highest BCUT2D eigenvalue weighted by Gasteiger charge is 2.31. The van der Waals surface area contributed by atoms with E-state index in [2.05, 4.69) is 15.3 Å².